The highest BCUT2D eigenvalue weighted by atomic mass is 16.5. The molecule has 0 bridgehead atoms. The van der Waals surface area contributed by atoms with Gasteiger partial charge in [-0.15, -0.1) is 0 Å². The third kappa shape index (κ3) is 5.28. The van der Waals surface area contributed by atoms with Gasteiger partial charge in [0.05, 0.1) is 26.7 Å². The Morgan fingerprint density at radius 3 is 2.64 bits per heavy atom. The van der Waals surface area contributed by atoms with E-state index in [4.69, 9.17) is 14.2 Å². The van der Waals surface area contributed by atoms with Crippen molar-refractivity contribution in [1.82, 2.24) is 0 Å². The Morgan fingerprint density at radius 2 is 1.86 bits per heavy atom. The third-order valence-corrected chi connectivity index (χ3v) is 5.64. The maximum atomic E-state index is 11.6. The van der Waals surface area contributed by atoms with Crippen LogP contribution in [0.1, 0.15) is 43.2 Å². The first-order valence-electron chi connectivity index (χ1n) is 10.0. The second kappa shape index (κ2) is 9.63. The number of carbonyl (C=O) groups is 1. The molecule has 4 heteroatoms. The van der Waals surface area contributed by atoms with Crippen LogP contribution in [0.2, 0.25) is 0 Å². The van der Waals surface area contributed by atoms with E-state index in [0.29, 0.717) is 18.3 Å². The summed E-state index contributed by atoms with van der Waals surface area (Å²) in [5.74, 6) is 2.61. The monoisotopic (exact) mass is 382 g/mol. The average Bonchev–Trinajstić information content (AvgIpc) is 3.21. The molecule has 1 saturated carbocycles. The third-order valence-electron chi connectivity index (χ3n) is 5.64. The van der Waals surface area contributed by atoms with Crippen LogP contribution in [0.4, 0.5) is 0 Å². The van der Waals surface area contributed by atoms with Crippen LogP contribution >= 0.6 is 0 Å². The number of carbonyl (C=O) groups excluding carboxylic acids is 1. The van der Waals surface area contributed by atoms with Gasteiger partial charge >= 0.3 is 5.97 Å². The molecule has 3 unspecified atom stereocenters. The molecule has 2 aromatic carbocycles. The lowest BCUT2D eigenvalue weighted by atomic mass is 9.96. The number of methoxy groups -OCH3 is 2. The van der Waals surface area contributed by atoms with Gasteiger partial charge in [-0.25, -0.2) is 0 Å². The first-order valence-corrected chi connectivity index (χ1v) is 10.0. The lowest BCUT2D eigenvalue weighted by Crippen LogP contribution is -2.15. The molecule has 2 aromatic rings. The van der Waals surface area contributed by atoms with Gasteiger partial charge < -0.3 is 14.2 Å². The molecule has 0 saturated heterocycles. The maximum absolute atomic E-state index is 11.6. The fourth-order valence-corrected chi connectivity index (χ4v) is 4.04. The molecule has 0 aromatic heterocycles. The molecule has 0 spiro atoms. The predicted molar refractivity (Wildman–Crippen MR) is 110 cm³/mol. The highest BCUT2D eigenvalue weighted by molar-refractivity contribution is 5.72. The van der Waals surface area contributed by atoms with Crippen LogP contribution in [0.25, 0.3) is 0 Å². The molecule has 3 atom stereocenters. The van der Waals surface area contributed by atoms with Crippen LogP contribution in [0.5, 0.6) is 11.5 Å². The Bertz CT molecular complexity index is 786. The molecular formula is C24H30O4. The summed E-state index contributed by atoms with van der Waals surface area (Å²) in [6, 6.07) is 16.5. The molecule has 0 radical (unpaired) electrons. The number of hydrogen-bond acceptors (Lipinski definition) is 4. The van der Waals surface area contributed by atoms with Crippen molar-refractivity contribution in [2.45, 2.75) is 38.5 Å². The Kier molecular flexibility index (Phi) is 6.96. The van der Waals surface area contributed by atoms with E-state index in [0.717, 1.165) is 30.1 Å². The van der Waals surface area contributed by atoms with Crippen LogP contribution in [-0.2, 0) is 16.0 Å². The van der Waals surface area contributed by atoms with Gasteiger partial charge in [0.2, 0.25) is 0 Å². The van der Waals surface area contributed by atoms with Gasteiger partial charge in [-0.1, -0.05) is 31.2 Å². The fourth-order valence-electron chi connectivity index (χ4n) is 4.04. The van der Waals surface area contributed by atoms with Crippen LogP contribution in [0, 0.1) is 11.8 Å². The van der Waals surface area contributed by atoms with Crippen molar-refractivity contribution in [2.75, 3.05) is 20.8 Å². The Labute approximate surface area is 167 Å². The largest absolute Gasteiger partial charge is 0.497 e. The average molecular weight is 383 g/mol. The Balaban J connectivity index is 1.52. The van der Waals surface area contributed by atoms with E-state index in [1.165, 1.54) is 25.5 Å². The van der Waals surface area contributed by atoms with Crippen LogP contribution in [0.3, 0.4) is 0 Å². The molecule has 1 aliphatic carbocycles. The van der Waals surface area contributed by atoms with Crippen LogP contribution in [0.15, 0.2) is 48.5 Å². The summed E-state index contributed by atoms with van der Waals surface area (Å²) in [7, 11) is 3.14. The summed E-state index contributed by atoms with van der Waals surface area (Å²) < 4.78 is 16.3. The minimum atomic E-state index is -0.180. The first-order chi connectivity index (χ1) is 13.6. The standard InChI is InChI=1S/C24H30O4/c1-17(24(25)27-3)12-18-6-4-9-23(14-18)28-16-19-10-11-21(13-19)20-7-5-8-22(15-20)26-2/h4-9,14-15,17,19,21H,10-13,16H2,1-3H3. The normalized spacial score (nSPS) is 19.8. The molecule has 28 heavy (non-hydrogen) atoms. The number of ether oxygens (including phenoxy) is 3. The summed E-state index contributed by atoms with van der Waals surface area (Å²) in [4.78, 5) is 11.6. The van der Waals surface area contributed by atoms with Crippen LogP contribution in [-0.4, -0.2) is 26.8 Å². The molecule has 0 heterocycles. The quantitative estimate of drug-likeness (QED) is 0.602. The van der Waals surface area contributed by atoms with Gasteiger partial charge in [0, 0.05) is 0 Å². The van der Waals surface area contributed by atoms with E-state index in [2.05, 4.69) is 18.2 Å². The van der Waals surface area contributed by atoms with Crippen molar-refractivity contribution in [1.29, 1.82) is 0 Å². The number of rotatable bonds is 8. The summed E-state index contributed by atoms with van der Waals surface area (Å²) in [5, 5.41) is 0. The second-order valence-corrected chi connectivity index (χ2v) is 7.74. The zero-order valence-corrected chi connectivity index (χ0v) is 17.0. The first kappa shape index (κ1) is 20.2. The fraction of sp³-hybridized carbons (Fsp3) is 0.458. The van der Waals surface area contributed by atoms with E-state index in [1.807, 2.05) is 37.3 Å². The maximum Gasteiger partial charge on any atom is 0.308 e. The molecular weight excluding hydrogens is 352 g/mol. The van der Waals surface area contributed by atoms with Crippen molar-refractivity contribution in [3.63, 3.8) is 0 Å². The predicted octanol–water partition coefficient (Wildman–Crippen LogP) is 5.01. The van der Waals surface area contributed by atoms with Crippen molar-refractivity contribution >= 4 is 5.97 Å². The van der Waals surface area contributed by atoms with Gasteiger partial charge in [0.15, 0.2) is 0 Å². The molecule has 0 amide bonds. The zero-order valence-electron chi connectivity index (χ0n) is 17.0. The van der Waals surface area contributed by atoms with Gasteiger partial charge in [0.1, 0.15) is 11.5 Å². The van der Waals surface area contributed by atoms with Crippen molar-refractivity contribution in [2.24, 2.45) is 11.8 Å². The van der Waals surface area contributed by atoms with E-state index in [1.54, 1.807) is 7.11 Å². The summed E-state index contributed by atoms with van der Waals surface area (Å²) in [6.07, 6.45) is 4.18. The minimum Gasteiger partial charge on any atom is -0.497 e. The summed E-state index contributed by atoms with van der Waals surface area (Å²) >= 11 is 0. The molecule has 0 N–H and O–H groups in total. The molecule has 3 rings (SSSR count). The highest BCUT2D eigenvalue weighted by Crippen LogP contribution is 2.39. The molecule has 150 valence electrons. The SMILES string of the molecule is COC(=O)C(C)Cc1cccc(OCC2CCC(c3cccc(OC)c3)C2)c1. The van der Waals surface area contributed by atoms with Crippen LogP contribution < -0.4 is 9.47 Å². The summed E-state index contributed by atoms with van der Waals surface area (Å²) in [5.41, 5.74) is 2.46. The van der Waals surface area contributed by atoms with Gasteiger partial charge in [-0.2, -0.15) is 0 Å². The second-order valence-electron chi connectivity index (χ2n) is 7.74. The molecule has 1 aliphatic rings. The lowest BCUT2D eigenvalue weighted by Gasteiger charge is -2.15. The number of hydrogen-bond donors (Lipinski definition) is 0. The molecule has 1 fully saturated rings. The Morgan fingerprint density at radius 1 is 1.07 bits per heavy atom. The van der Waals surface area contributed by atoms with E-state index >= 15 is 0 Å². The smallest absolute Gasteiger partial charge is 0.308 e. The van der Waals surface area contributed by atoms with E-state index in [-0.39, 0.29) is 11.9 Å². The van der Waals surface area contributed by atoms with Crippen molar-refractivity contribution in [3.05, 3.63) is 59.7 Å². The Hall–Kier alpha value is -2.49. The van der Waals surface area contributed by atoms with Gasteiger partial charge in [-0.05, 0) is 72.9 Å². The highest BCUT2D eigenvalue weighted by Gasteiger charge is 2.26. The number of esters is 1. The van der Waals surface area contributed by atoms with Gasteiger partial charge in [0.25, 0.3) is 0 Å². The topological polar surface area (TPSA) is 44.8 Å². The number of benzene rings is 2. The summed E-state index contributed by atoms with van der Waals surface area (Å²) in [6.45, 7) is 2.62. The lowest BCUT2D eigenvalue weighted by molar-refractivity contribution is -0.144. The minimum absolute atomic E-state index is 0.154. The van der Waals surface area contributed by atoms with Crippen molar-refractivity contribution < 1.29 is 19.0 Å². The molecule has 4 nitrogen and oxygen atoms in total. The van der Waals surface area contributed by atoms with E-state index in [9.17, 15) is 4.79 Å². The zero-order chi connectivity index (χ0) is 19.9. The van der Waals surface area contributed by atoms with Gasteiger partial charge in [-0.3, -0.25) is 4.79 Å². The van der Waals surface area contributed by atoms with Crippen molar-refractivity contribution in [3.8, 4) is 11.5 Å². The van der Waals surface area contributed by atoms with E-state index < -0.39 is 0 Å². The molecule has 0 aliphatic heterocycles.